The largest absolute Gasteiger partial charge is 0.317 e. The molecule has 1 aliphatic rings. The van der Waals surface area contributed by atoms with Gasteiger partial charge >= 0.3 is 0 Å². The highest BCUT2D eigenvalue weighted by atomic mass is 32.1. The van der Waals surface area contributed by atoms with Crippen LogP contribution in [0.3, 0.4) is 0 Å². The Hall–Kier alpha value is -2.61. The van der Waals surface area contributed by atoms with Crippen LogP contribution in [0.15, 0.2) is 48.0 Å². The van der Waals surface area contributed by atoms with Gasteiger partial charge in [-0.1, -0.05) is 13.0 Å². The van der Waals surface area contributed by atoms with Crippen LogP contribution in [0.4, 0.5) is 4.39 Å². The molecule has 0 saturated carbocycles. The number of benzene rings is 1. The van der Waals surface area contributed by atoms with E-state index < -0.39 is 0 Å². The van der Waals surface area contributed by atoms with Crippen molar-refractivity contribution in [2.24, 2.45) is 5.73 Å². The Labute approximate surface area is 185 Å². The number of hydrogen-bond acceptors (Lipinski definition) is 5. The zero-order valence-electron chi connectivity index (χ0n) is 17.5. The number of nitrogens with one attached hydrogen (secondary N) is 1. The maximum absolute atomic E-state index is 13.3. The van der Waals surface area contributed by atoms with Crippen LogP contribution in [0.5, 0.6) is 0 Å². The van der Waals surface area contributed by atoms with Crippen molar-refractivity contribution < 1.29 is 4.39 Å². The molecule has 1 aliphatic heterocycles. The number of thiazole rings is 1. The number of rotatable bonds is 5. The summed E-state index contributed by atoms with van der Waals surface area (Å²) in [7, 11) is 0. The van der Waals surface area contributed by atoms with Gasteiger partial charge in [0.05, 0.1) is 23.1 Å². The van der Waals surface area contributed by atoms with Gasteiger partial charge in [0.15, 0.2) is 0 Å². The Morgan fingerprint density at radius 3 is 2.68 bits per heavy atom. The molecule has 1 saturated heterocycles. The minimum Gasteiger partial charge on any atom is -0.317 e. The molecule has 5 nitrogen and oxygen atoms in total. The van der Waals surface area contributed by atoms with E-state index in [9.17, 15) is 4.39 Å². The molecule has 3 aromatic heterocycles. The zero-order chi connectivity index (χ0) is 21.4. The Kier molecular flexibility index (Phi) is 5.56. The molecule has 160 valence electrons. The minimum atomic E-state index is -0.368. The summed E-state index contributed by atoms with van der Waals surface area (Å²) in [5, 5.41) is 6.26. The van der Waals surface area contributed by atoms with Gasteiger partial charge < -0.3 is 15.5 Å². The smallest absolute Gasteiger partial charge is 0.137 e. The van der Waals surface area contributed by atoms with Gasteiger partial charge in [0.1, 0.15) is 16.5 Å². The fraction of sp³-hybridized carbons (Fsp3) is 0.333. The highest BCUT2D eigenvalue weighted by Crippen LogP contribution is 2.32. The first-order chi connectivity index (χ1) is 15.1. The molecule has 0 bridgehead atoms. The highest BCUT2D eigenvalue weighted by Gasteiger charge is 2.23. The first kappa shape index (κ1) is 20.3. The summed E-state index contributed by atoms with van der Waals surface area (Å²) in [4.78, 5) is 9.63. The Bertz CT molecular complexity index is 1190. The van der Waals surface area contributed by atoms with E-state index in [0.29, 0.717) is 5.92 Å². The molecule has 0 amide bonds. The van der Waals surface area contributed by atoms with Crippen LogP contribution in [0.2, 0.25) is 0 Å². The molecule has 0 aliphatic carbocycles. The lowest BCUT2D eigenvalue weighted by Crippen LogP contribution is -2.26. The second kappa shape index (κ2) is 8.49. The maximum atomic E-state index is 13.3. The number of halogens is 1. The molecule has 1 unspecified atom stereocenters. The van der Waals surface area contributed by atoms with Crippen molar-refractivity contribution in [3.05, 3.63) is 75.8 Å². The normalized spacial score (nSPS) is 16.1. The van der Waals surface area contributed by atoms with Gasteiger partial charge in [-0.25, -0.2) is 14.4 Å². The summed E-state index contributed by atoms with van der Waals surface area (Å²) in [6, 6.07) is 10.4. The molecule has 4 aromatic rings. The first-order valence-electron chi connectivity index (χ1n) is 10.8. The van der Waals surface area contributed by atoms with E-state index in [2.05, 4.69) is 35.0 Å². The minimum absolute atomic E-state index is 0.251. The standard InChI is InChI=1S/C24H26FN5S/c1-2-19-23(22(26)24-29-20(14-31-24)16-3-6-18(25)7-4-16)30-13-17(5-8-21(30)28-19)15-9-11-27-12-10-15/h3-8,13-15,22,27H,2,9-12,26H2,1H3. The van der Waals surface area contributed by atoms with E-state index in [1.54, 1.807) is 12.1 Å². The lowest BCUT2D eigenvalue weighted by Gasteiger charge is -2.23. The van der Waals surface area contributed by atoms with Crippen LogP contribution in [-0.2, 0) is 6.42 Å². The van der Waals surface area contributed by atoms with Crippen LogP contribution in [0.25, 0.3) is 16.9 Å². The number of aromatic nitrogens is 3. The third-order valence-corrected chi connectivity index (χ3v) is 7.05. The van der Waals surface area contributed by atoms with E-state index in [4.69, 9.17) is 15.7 Å². The number of piperidine rings is 1. The third kappa shape index (κ3) is 3.89. The predicted octanol–water partition coefficient (Wildman–Crippen LogP) is 4.67. The number of nitrogens with zero attached hydrogens (tertiary/aromatic N) is 3. The van der Waals surface area contributed by atoms with Gasteiger partial charge in [0.2, 0.25) is 0 Å². The number of pyridine rings is 1. The van der Waals surface area contributed by atoms with Crippen molar-refractivity contribution in [3.8, 4) is 11.3 Å². The topological polar surface area (TPSA) is 68.2 Å². The van der Waals surface area contributed by atoms with Crippen molar-refractivity contribution in [1.29, 1.82) is 0 Å². The quantitative estimate of drug-likeness (QED) is 0.478. The molecule has 4 heterocycles. The summed E-state index contributed by atoms with van der Waals surface area (Å²) in [5.74, 6) is 0.311. The molecule has 1 aromatic carbocycles. The van der Waals surface area contributed by atoms with Gasteiger partial charge in [-0.3, -0.25) is 0 Å². The molecule has 5 rings (SSSR count). The fourth-order valence-corrected chi connectivity index (χ4v) is 5.25. The molecule has 0 spiro atoms. The SMILES string of the molecule is CCc1nc2ccc(C3CCNCC3)cn2c1C(N)c1nc(-c2ccc(F)cc2)cs1. The van der Waals surface area contributed by atoms with Crippen LogP contribution in [0.1, 0.15) is 53.7 Å². The molecule has 7 heteroatoms. The molecular weight excluding hydrogens is 409 g/mol. The first-order valence-corrected chi connectivity index (χ1v) is 11.7. The van der Waals surface area contributed by atoms with Gasteiger partial charge in [0.25, 0.3) is 0 Å². The second-order valence-corrected chi connectivity index (χ2v) is 8.96. The molecule has 1 atom stereocenters. The van der Waals surface area contributed by atoms with E-state index in [-0.39, 0.29) is 11.9 Å². The van der Waals surface area contributed by atoms with Crippen molar-refractivity contribution in [1.82, 2.24) is 19.7 Å². The number of imidazole rings is 1. The lowest BCUT2D eigenvalue weighted by molar-refractivity contribution is 0.459. The summed E-state index contributed by atoms with van der Waals surface area (Å²) in [6.07, 6.45) is 5.33. The van der Waals surface area contributed by atoms with Gasteiger partial charge in [-0.15, -0.1) is 11.3 Å². The summed E-state index contributed by atoms with van der Waals surface area (Å²) >= 11 is 1.54. The molecule has 0 radical (unpaired) electrons. The monoisotopic (exact) mass is 435 g/mol. The highest BCUT2D eigenvalue weighted by molar-refractivity contribution is 7.10. The van der Waals surface area contributed by atoms with Gasteiger partial charge in [-0.05, 0) is 74.2 Å². The molecule has 31 heavy (non-hydrogen) atoms. The zero-order valence-corrected chi connectivity index (χ0v) is 18.3. The third-order valence-electron chi connectivity index (χ3n) is 6.12. The van der Waals surface area contributed by atoms with Crippen LogP contribution >= 0.6 is 11.3 Å². The number of fused-ring (bicyclic) bond motifs is 1. The summed E-state index contributed by atoms with van der Waals surface area (Å²) < 4.78 is 15.4. The lowest BCUT2D eigenvalue weighted by atomic mass is 9.91. The summed E-state index contributed by atoms with van der Waals surface area (Å²) in [6.45, 7) is 4.23. The van der Waals surface area contributed by atoms with Gasteiger partial charge in [-0.2, -0.15) is 0 Å². The van der Waals surface area contributed by atoms with Crippen LogP contribution in [0, 0.1) is 5.82 Å². The average molecular weight is 436 g/mol. The van der Waals surface area contributed by atoms with Crippen molar-refractivity contribution >= 4 is 17.0 Å². The molecular formula is C24H26FN5S. The number of aryl methyl sites for hydroxylation is 1. The van der Waals surface area contributed by atoms with E-state index in [1.807, 2.05) is 5.38 Å². The number of hydrogen-bond donors (Lipinski definition) is 2. The fourth-order valence-electron chi connectivity index (χ4n) is 4.41. The van der Waals surface area contributed by atoms with E-state index in [1.165, 1.54) is 29.0 Å². The van der Waals surface area contributed by atoms with Crippen LogP contribution < -0.4 is 11.1 Å². The van der Waals surface area contributed by atoms with Crippen molar-refractivity contribution in [2.75, 3.05) is 13.1 Å². The second-order valence-electron chi connectivity index (χ2n) is 8.07. The van der Waals surface area contributed by atoms with E-state index >= 15 is 0 Å². The molecule has 3 N–H and O–H groups in total. The Balaban J connectivity index is 1.53. The Morgan fingerprint density at radius 2 is 1.94 bits per heavy atom. The summed E-state index contributed by atoms with van der Waals surface area (Å²) in [5.41, 5.74) is 12.8. The van der Waals surface area contributed by atoms with Gasteiger partial charge in [0, 0.05) is 17.1 Å². The van der Waals surface area contributed by atoms with E-state index in [0.717, 1.165) is 65.7 Å². The maximum Gasteiger partial charge on any atom is 0.137 e. The predicted molar refractivity (Wildman–Crippen MR) is 123 cm³/mol. The van der Waals surface area contributed by atoms with Crippen LogP contribution in [-0.4, -0.2) is 27.5 Å². The van der Waals surface area contributed by atoms with Crippen molar-refractivity contribution in [3.63, 3.8) is 0 Å². The average Bonchev–Trinajstić information content (AvgIpc) is 3.44. The Morgan fingerprint density at radius 1 is 1.16 bits per heavy atom. The molecule has 1 fully saturated rings. The number of nitrogens with two attached hydrogens (primary N) is 1. The van der Waals surface area contributed by atoms with Crippen molar-refractivity contribution in [2.45, 2.75) is 38.1 Å².